The van der Waals surface area contributed by atoms with Gasteiger partial charge in [0.25, 0.3) is 0 Å². The predicted molar refractivity (Wildman–Crippen MR) is 168 cm³/mol. The van der Waals surface area contributed by atoms with E-state index in [0.717, 1.165) is 37.7 Å². The van der Waals surface area contributed by atoms with E-state index in [-0.39, 0.29) is 49.1 Å². The molecule has 1 aromatic carbocycles. The third kappa shape index (κ3) is 5.61. The smallest absolute Gasteiger partial charge is 0.246 e. The lowest BCUT2D eigenvalue weighted by molar-refractivity contribution is -0.150. The van der Waals surface area contributed by atoms with Crippen molar-refractivity contribution in [2.45, 2.75) is 110 Å². The normalized spacial score (nSPS) is 32.0. The number of nitrogens with zero attached hydrogens (tertiary/aromatic N) is 3. The van der Waals surface area contributed by atoms with E-state index in [1.54, 1.807) is 11.8 Å². The van der Waals surface area contributed by atoms with E-state index in [0.29, 0.717) is 29.9 Å². The van der Waals surface area contributed by atoms with E-state index < -0.39 is 29.0 Å². The van der Waals surface area contributed by atoms with E-state index in [1.165, 1.54) is 4.90 Å². The Bertz CT molecular complexity index is 1330. The Morgan fingerprint density at radius 3 is 2.36 bits per heavy atom. The summed E-state index contributed by atoms with van der Waals surface area (Å²) in [6.45, 7) is 12.4. The summed E-state index contributed by atoms with van der Waals surface area (Å²) in [6.07, 6.45) is 5.49. The van der Waals surface area contributed by atoms with Crippen LogP contribution >= 0.6 is 0 Å². The predicted octanol–water partition coefficient (Wildman–Crippen LogP) is 4.62. The molecule has 0 radical (unpaired) electrons. The first-order valence-corrected chi connectivity index (χ1v) is 16.6. The molecular weight excluding hydrogens is 554 g/mol. The standard InChI is InChI=1S/C35H49N5O4/c1-7-39(30(41)24(6)37-32(43)34-15-22(4)13-25(17-34)14-23(5)16-34)29(12-21(2)3)31(42)40-20-35(18-26(40)19-36)27-10-8-9-11-28(27)38-33(35)44/h8-11,21-26,29H,7,12-18,20H2,1-6H3,(H,37,43)(H,38,44)/t22?,23?,24-,25?,26-,29-,34?,35-/m0/s1. The lowest BCUT2D eigenvalue weighted by Crippen LogP contribution is -2.58. The Hall–Kier alpha value is -3.41. The van der Waals surface area contributed by atoms with Crippen molar-refractivity contribution in [1.29, 1.82) is 5.26 Å². The van der Waals surface area contributed by atoms with E-state index in [9.17, 15) is 24.4 Å². The average Bonchev–Trinajstić information content (AvgIpc) is 3.49. The Morgan fingerprint density at radius 2 is 1.75 bits per heavy atom. The second-order valence-corrected chi connectivity index (χ2v) is 14.8. The number of carbonyl (C=O) groups excluding carboxylic acids is 4. The highest BCUT2D eigenvalue weighted by molar-refractivity contribution is 6.07. The van der Waals surface area contributed by atoms with Crippen molar-refractivity contribution in [1.82, 2.24) is 15.1 Å². The molecule has 1 saturated heterocycles. The molecule has 3 fully saturated rings. The van der Waals surface area contributed by atoms with Crippen molar-refractivity contribution >= 4 is 29.3 Å². The summed E-state index contributed by atoms with van der Waals surface area (Å²) >= 11 is 0. The number of benzene rings is 1. The van der Waals surface area contributed by atoms with Gasteiger partial charge in [-0.2, -0.15) is 5.26 Å². The van der Waals surface area contributed by atoms with Crippen LogP contribution in [-0.2, 0) is 24.6 Å². The zero-order chi connectivity index (χ0) is 32.0. The number of hydrogen-bond acceptors (Lipinski definition) is 5. The number of rotatable bonds is 8. The minimum absolute atomic E-state index is 0.0406. The first-order chi connectivity index (χ1) is 20.8. The Labute approximate surface area is 262 Å². The van der Waals surface area contributed by atoms with Crippen LogP contribution in [0.25, 0.3) is 0 Å². The Balaban J connectivity index is 1.36. The molecule has 9 heteroatoms. The average molecular weight is 604 g/mol. The van der Waals surface area contributed by atoms with Gasteiger partial charge in [0.1, 0.15) is 18.1 Å². The first-order valence-electron chi connectivity index (χ1n) is 16.6. The van der Waals surface area contributed by atoms with Crippen LogP contribution in [-0.4, -0.2) is 64.6 Å². The molecule has 6 atom stereocenters. The highest BCUT2D eigenvalue weighted by Crippen LogP contribution is 2.53. The number of amides is 4. The topological polar surface area (TPSA) is 123 Å². The fraction of sp³-hybridized carbons (Fsp3) is 0.686. The van der Waals surface area contributed by atoms with Gasteiger partial charge in [-0.3, -0.25) is 19.2 Å². The van der Waals surface area contributed by atoms with Crippen molar-refractivity contribution in [2.24, 2.45) is 29.1 Å². The molecule has 2 aliphatic carbocycles. The number of carbonyl (C=O) groups is 4. The van der Waals surface area contributed by atoms with Crippen LogP contribution in [0.5, 0.6) is 0 Å². The van der Waals surface area contributed by atoms with Gasteiger partial charge in [-0.1, -0.05) is 45.9 Å². The fourth-order valence-electron chi connectivity index (χ4n) is 9.16. The first kappa shape index (κ1) is 32.0. The molecule has 2 N–H and O–H groups in total. The van der Waals surface area contributed by atoms with Crippen LogP contribution in [0, 0.1) is 40.4 Å². The van der Waals surface area contributed by atoms with Gasteiger partial charge in [-0.15, -0.1) is 0 Å². The number of nitrogens with one attached hydrogen (secondary N) is 2. The van der Waals surface area contributed by atoms with Crippen molar-refractivity contribution in [2.75, 3.05) is 18.4 Å². The molecule has 5 rings (SSSR count). The third-order valence-electron chi connectivity index (χ3n) is 10.7. The van der Waals surface area contributed by atoms with Crippen LogP contribution in [0.4, 0.5) is 5.69 Å². The molecule has 1 spiro atoms. The monoisotopic (exact) mass is 603 g/mol. The lowest BCUT2D eigenvalue weighted by atomic mass is 9.56. The van der Waals surface area contributed by atoms with E-state index >= 15 is 0 Å². The summed E-state index contributed by atoms with van der Waals surface area (Å²) in [4.78, 5) is 58.7. The molecule has 2 aliphatic heterocycles. The van der Waals surface area contributed by atoms with Gasteiger partial charge in [-0.25, -0.2) is 0 Å². The second-order valence-electron chi connectivity index (χ2n) is 14.8. The summed E-state index contributed by atoms with van der Waals surface area (Å²) in [6, 6.07) is 7.30. The number of likely N-dealkylation sites (N-methyl/N-ethyl adjacent to an activating group) is 1. The number of likely N-dealkylation sites (tertiary alicyclic amines) is 1. The summed E-state index contributed by atoms with van der Waals surface area (Å²) in [5, 5.41) is 16.2. The molecule has 4 aliphatic rings. The molecule has 4 amide bonds. The Morgan fingerprint density at radius 1 is 1.09 bits per heavy atom. The maximum absolute atomic E-state index is 14.4. The number of nitriles is 1. The second kappa shape index (κ2) is 12.2. The number of para-hydroxylation sites is 1. The van der Waals surface area contributed by atoms with Crippen molar-refractivity contribution in [3.8, 4) is 6.07 Å². The molecule has 238 valence electrons. The molecule has 0 aromatic heterocycles. The number of hydrogen-bond donors (Lipinski definition) is 2. The number of fused-ring (bicyclic) bond motifs is 4. The molecule has 2 heterocycles. The summed E-state index contributed by atoms with van der Waals surface area (Å²) < 4.78 is 0. The summed E-state index contributed by atoms with van der Waals surface area (Å²) in [5.74, 6) is 0.722. The third-order valence-corrected chi connectivity index (χ3v) is 10.7. The quantitative estimate of drug-likeness (QED) is 0.449. The van der Waals surface area contributed by atoms with Gasteiger partial charge in [0, 0.05) is 30.6 Å². The molecule has 9 nitrogen and oxygen atoms in total. The summed E-state index contributed by atoms with van der Waals surface area (Å²) in [5.41, 5.74) is 0.0721. The lowest BCUT2D eigenvalue weighted by Gasteiger charge is -2.49. The SMILES string of the molecule is CCN(C(=O)[C@H](C)NC(=O)C12CC(C)CC(CC(C)C1)C2)[C@@H](CC(C)C)C(=O)N1C[C@]2(C[C@H]1C#N)C(=O)Nc1ccccc12. The molecule has 2 saturated carbocycles. The molecule has 44 heavy (non-hydrogen) atoms. The van der Waals surface area contributed by atoms with Gasteiger partial charge in [0.2, 0.25) is 23.6 Å². The largest absolute Gasteiger partial charge is 0.344 e. The van der Waals surface area contributed by atoms with Crippen LogP contribution < -0.4 is 10.6 Å². The van der Waals surface area contributed by atoms with Crippen molar-refractivity contribution < 1.29 is 19.2 Å². The zero-order valence-electron chi connectivity index (χ0n) is 27.2. The van der Waals surface area contributed by atoms with E-state index in [1.807, 2.05) is 45.0 Å². The molecule has 1 aromatic rings. The van der Waals surface area contributed by atoms with Crippen LogP contribution in [0.3, 0.4) is 0 Å². The molecular formula is C35H49N5O4. The van der Waals surface area contributed by atoms with Crippen LogP contribution in [0.1, 0.15) is 92.1 Å². The van der Waals surface area contributed by atoms with Crippen molar-refractivity contribution in [3.63, 3.8) is 0 Å². The maximum Gasteiger partial charge on any atom is 0.246 e. The number of anilines is 1. The maximum atomic E-state index is 14.4. The van der Waals surface area contributed by atoms with E-state index in [4.69, 9.17) is 0 Å². The van der Waals surface area contributed by atoms with E-state index in [2.05, 4.69) is 30.6 Å². The van der Waals surface area contributed by atoms with Gasteiger partial charge in [0.15, 0.2) is 0 Å². The zero-order valence-corrected chi connectivity index (χ0v) is 27.2. The highest BCUT2D eigenvalue weighted by Gasteiger charge is 2.57. The van der Waals surface area contributed by atoms with Crippen molar-refractivity contribution in [3.05, 3.63) is 29.8 Å². The van der Waals surface area contributed by atoms with Gasteiger partial charge < -0.3 is 20.4 Å². The molecule has 2 unspecified atom stereocenters. The van der Waals surface area contributed by atoms with Gasteiger partial charge in [-0.05, 0) is 87.7 Å². The fourth-order valence-corrected chi connectivity index (χ4v) is 9.16. The van der Waals surface area contributed by atoms with Gasteiger partial charge >= 0.3 is 0 Å². The minimum atomic E-state index is -0.997. The summed E-state index contributed by atoms with van der Waals surface area (Å²) in [7, 11) is 0. The van der Waals surface area contributed by atoms with Crippen LogP contribution in [0.2, 0.25) is 0 Å². The molecule has 2 bridgehead atoms. The van der Waals surface area contributed by atoms with Crippen LogP contribution in [0.15, 0.2) is 24.3 Å². The highest BCUT2D eigenvalue weighted by atomic mass is 16.2. The van der Waals surface area contributed by atoms with Gasteiger partial charge in [0.05, 0.1) is 11.5 Å². The minimum Gasteiger partial charge on any atom is -0.344 e. The Kier molecular flexibility index (Phi) is 8.85.